The van der Waals surface area contributed by atoms with Crippen molar-refractivity contribution in [3.8, 4) is 33.4 Å². The van der Waals surface area contributed by atoms with Crippen LogP contribution in [0.15, 0.2) is 249 Å². The molecule has 3 heteroatoms. The van der Waals surface area contributed by atoms with E-state index in [-0.39, 0.29) is 0 Å². The van der Waals surface area contributed by atoms with Crippen molar-refractivity contribution >= 4 is 51.2 Å². The van der Waals surface area contributed by atoms with Gasteiger partial charge >= 0.3 is 0 Å². The molecule has 1 atom stereocenters. The molecule has 1 heterocycles. The van der Waals surface area contributed by atoms with Crippen LogP contribution in [0.5, 0.6) is 0 Å². The summed E-state index contributed by atoms with van der Waals surface area (Å²) >= 11 is 0. The van der Waals surface area contributed by atoms with Crippen molar-refractivity contribution in [1.82, 2.24) is 0 Å². The van der Waals surface area contributed by atoms with Gasteiger partial charge in [0, 0.05) is 39.4 Å². The number of anilines is 9. The van der Waals surface area contributed by atoms with Crippen LogP contribution in [0.3, 0.4) is 0 Å². The molecule has 314 valence electrons. The first kappa shape index (κ1) is 39.2. The number of nitrogens with zero attached hydrogens (tertiary/aromatic N) is 3. The van der Waals surface area contributed by atoms with Crippen LogP contribution in [-0.4, -0.2) is 0 Å². The molecule has 2 aliphatic rings. The van der Waals surface area contributed by atoms with Gasteiger partial charge in [0.15, 0.2) is 0 Å². The SMILES string of the molecule is Cc1cccc2c1-c1ccc3cc1C2(C)c1cccc(c1)N(c1ccccc1)c1cc(N(c2ccccc2)c2ccccc2)cc(c1)N3c1ccccc1-c1ccc(-c2ccccc2)cc1. The highest BCUT2D eigenvalue weighted by Crippen LogP contribution is 2.57. The van der Waals surface area contributed by atoms with Crippen molar-refractivity contribution in [3.63, 3.8) is 0 Å². The van der Waals surface area contributed by atoms with Crippen LogP contribution in [0.4, 0.5) is 51.2 Å². The molecule has 0 fully saturated rings. The molecular formula is C63H47N3. The smallest absolute Gasteiger partial charge is 0.0540 e. The lowest BCUT2D eigenvalue weighted by molar-refractivity contribution is 0.713. The van der Waals surface area contributed by atoms with Crippen LogP contribution in [0.2, 0.25) is 0 Å². The minimum atomic E-state index is -0.432. The van der Waals surface area contributed by atoms with Crippen LogP contribution >= 0.6 is 0 Å². The highest BCUT2D eigenvalue weighted by Gasteiger charge is 2.42. The monoisotopic (exact) mass is 845 g/mol. The molecule has 1 aliphatic carbocycles. The number of fused-ring (bicyclic) bond motifs is 9. The number of rotatable bonds is 7. The molecule has 0 aromatic heterocycles. The van der Waals surface area contributed by atoms with Gasteiger partial charge in [-0.25, -0.2) is 0 Å². The maximum Gasteiger partial charge on any atom is 0.0540 e. The Balaban J connectivity index is 1.18. The van der Waals surface area contributed by atoms with E-state index in [2.05, 4.69) is 277 Å². The van der Waals surface area contributed by atoms with E-state index in [1.54, 1.807) is 0 Å². The predicted octanol–water partition coefficient (Wildman–Crippen LogP) is 17.4. The Morgan fingerprint density at radius 3 is 1.62 bits per heavy atom. The minimum absolute atomic E-state index is 0.432. The third-order valence-corrected chi connectivity index (χ3v) is 13.7. The molecule has 0 amide bonds. The average Bonchev–Trinajstić information content (AvgIpc) is 3.64. The summed E-state index contributed by atoms with van der Waals surface area (Å²) in [5.74, 6) is 0. The summed E-state index contributed by atoms with van der Waals surface area (Å²) in [5.41, 5.74) is 21.7. The lowest BCUT2D eigenvalue weighted by atomic mass is 9.74. The van der Waals surface area contributed by atoms with E-state index in [1.165, 1.54) is 44.5 Å². The second kappa shape index (κ2) is 16.0. The van der Waals surface area contributed by atoms with E-state index in [1.807, 2.05) is 0 Å². The first-order valence-corrected chi connectivity index (χ1v) is 22.8. The van der Waals surface area contributed by atoms with Gasteiger partial charge in [0.25, 0.3) is 0 Å². The van der Waals surface area contributed by atoms with Crippen LogP contribution in [0.1, 0.15) is 29.2 Å². The Labute approximate surface area is 387 Å². The van der Waals surface area contributed by atoms with E-state index >= 15 is 0 Å². The number of hydrogen-bond donors (Lipinski definition) is 0. The summed E-state index contributed by atoms with van der Waals surface area (Å²) in [6.07, 6.45) is 0. The van der Waals surface area contributed by atoms with Crippen molar-refractivity contribution < 1.29 is 0 Å². The van der Waals surface area contributed by atoms with Crippen molar-refractivity contribution in [2.24, 2.45) is 0 Å². The number of benzene rings is 10. The molecule has 0 spiro atoms. The first-order valence-electron chi connectivity index (χ1n) is 22.8. The van der Waals surface area contributed by atoms with Crippen molar-refractivity contribution in [2.45, 2.75) is 19.3 Å². The zero-order chi connectivity index (χ0) is 44.2. The molecule has 10 aromatic rings. The summed E-state index contributed by atoms with van der Waals surface area (Å²) in [6, 6.07) is 91.2. The molecular weight excluding hydrogens is 799 g/mol. The van der Waals surface area contributed by atoms with Gasteiger partial charge in [-0.3, -0.25) is 0 Å². The highest BCUT2D eigenvalue weighted by molar-refractivity contribution is 5.96. The van der Waals surface area contributed by atoms with E-state index in [9.17, 15) is 0 Å². The Morgan fingerprint density at radius 1 is 0.348 bits per heavy atom. The lowest BCUT2D eigenvalue weighted by Crippen LogP contribution is -2.24. The molecule has 3 nitrogen and oxygen atoms in total. The molecule has 0 saturated heterocycles. The number of aryl methyl sites for hydroxylation is 1. The van der Waals surface area contributed by atoms with Gasteiger partial charge in [-0.15, -0.1) is 0 Å². The molecule has 0 saturated carbocycles. The lowest BCUT2D eigenvalue weighted by Gasteiger charge is -2.36. The maximum atomic E-state index is 2.50. The van der Waals surface area contributed by atoms with Gasteiger partial charge < -0.3 is 14.7 Å². The fraction of sp³-hybridized carbons (Fsp3) is 0.0476. The summed E-state index contributed by atoms with van der Waals surface area (Å²) in [6.45, 7) is 4.69. The molecule has 66 heavy (non-hydrogen) atoms. The maximum absolute atomic E-state index is 2.50. The van der Waals surface area contributed by atoms with Gasteiger partial charge in [0.1, 0.15) is 0 Å². The Bertz CT molecular complexity index is 3340. The average molecular weight is 846 g/mol. The van der Waals surface area contributed by atoms with Crippen molar-refractivity contribution in [3.05, 3.63) is 271 Å². The van der Waals surface area contributed by atoms with Gasteiger partial charge in [-0.05, 0) is 149 Å². The fourth-order valence-corrected chi connectivity index (χ4v) is 10.6. The topological polar surface area (TPSA) is 9.72 Å². The second-order valence-corrected chi connectivity index (χ2v) is 17.6. The number of para-hydroxylation sites is 4. The zero-order valence-corrected chi connectivity index (χ0v) is 37.0. The van der Waals surface area contributed by atoms with Gasteiger partial charge in [0.2, 0.25) is 0 Å². The molecule has 10 aromatic carbocycles. The fourth-order valence-electron chi connectivity index (χ4n) is 10.6. The van der Waals surface area contributed by atoms with E-state index < -0.39 is 5.41 Å². The first-order chi connectivity index (χ1) is 32.5. The molecule has 12 rings (SSSR count). The quantitative estimate of drug-likeness (QED) is 0.158. The van der Waals surface area contributed by atoms with Crippen molar-refractivity contribution in [2.75, 3.05) is 14.7 Å². The van der Waals surface area contributed by atoms with Crippen LogP contribution in [0.25, 0.3) is 33.4 Å². The molecule has 1 aliphatic heterocycles. The van der Waals surface area contributed by atoms with Crippen LogP contribution in [0, 0.1) is 6.92 Å². The Morgan fingerprint density at radius 2 is 0.909 bits per heavy atom. The second-order valence-electron chi connectivity index (χ2n) is 17.6. The summed E-state index contributed by atoms with van der Waals surface area (Å²) in [5, 5.41) is 0. The van der Waals surface area contributed by atoms with Gasteiger partial charge in [-0.2, -0.15) is 0 Å². The number of hydrogen-bond acceptors (Lipinski definition) is 3. The largest absolute Gasteiger partial charge is 0.310 e. The van der Waals surface area contributed by atoms with E-state index in [0.717, 1.165) is 62.3 Å². The highest BCUT2D eigenvalue weighted by atomic mass is 15.2. The Hall–Kier alpha value is -8.40. The van der Waals surface area contributed by atoms with Gasteiger partial charge in [0.05, 0.1) is 22.7 Å². The normalized spacial score (nSPS) is 14.5. The van der Waals surface area contributed by atoms with Crippen LogP contribution < -0.4 is 14.7 Å². The van der Waals surface area contributed by atoms with Crippen molar-refractivity contribution in [1.29, 1.82) is 0 Å². The zero-order valence-electron chi connectivity index (χ0n) is 37.0. The van der Waals surface area contributed by atoms with E-state index in [0.29, 0.717) is 0 Å². The molecule has 0 radical (unpaired) electrons. The summed E-state index contributed by atoms with van der Waals surface area (Å²) in [4.78, 5) is 7.31. The van der Waals surface area contributed by atoms with Gasteiger partial charge in [-0.1, -0.05) is 164 Å². The summed E-state index contributed by atoms with van der Waals surface area (Å²) < 4.78 is 0. The Kier molecular flexibility index (Phi) is 9.50. The third-order valence-electron chi connectivity index (χ3n) is 13.7. The predicted molar refractivity (Wildman–Crippen MR) is 277 cm³/mol. The standard InChI is InChI=1S/C63H47N3/c1-44-19-17-31-59-62(44)58-38-37-53-43-60(58)63(59,2)48-22-18-29-52(39-48)65(51-27-13-6-14-28-51)55-40-54(64(49-23-9-4-10-24-49)50-25-11-5-12-26-50)41-56(42-55)66(53)61-32-16-15-30-57(61)47-35-33-46(34-36-47)45-20-7-3-8-21-45/h3-43H,1-2H3. The molecule has 0 N–H and O–H groups in total. The minimum Gasteiger partial charge on any atom is -0.310 e. The third kappa shape index (κ3) is 6.51. The van der Waals surface area contributed by atoms with E-state index in [4.69, 9.17) is 0 Å². The summed E-state index contributed by atoms with van der Waals surface area (Å²) in [7, 11) is 0. The molecule has 6 bridgehead atoms. The van der Waals surface area contributed by atoms with Crippen LogP contribution in [-0.2, 0) is 5.41 Å². The molecule has 1 unspecified atom stereocenters.